The maximum atomic E-state index is 9.63. The molecule has 0 saturated heterocycles. The molecule has 2 aromatic rings. The molecule has 2 rings (SSSR count). The highest BCUT2D eigenvalue weighted by atomic mass is 79.9. The lowest BCUT2D eigenvalue weighted by atomic mass is 10.1. The second-order valence-electron chi connectivity index (χ2n) is 5.61. The third-order valence-corrected chi connectivity index (χ3v) is 5.11. The van der Waals surface area contributed by atoms with Gasteiger partial charge in [-0.15, -0.1) is 17.0 Å². The molecule has 12 nitrogen and oxygen atoms in total. The molecule has 0 amide bonds. The standard InChI is InChI=1S/C14H19N4O.2BrH.H4O7P2/c1-10-12(5-7-19)4-3-6-18(10)9-13-8-16-11(2)17-14(13)15;;;1-8(2,3)7-9(4,5)6/h3-4,6,8,19H,5,7,9H2,1-2H3,(H2,15,16,17);2*1H;(H2,1,2,3)(H2,4,5,6)/q+1;;;/p-1. The Hall–Kier alpha value is -0.790. The lowest BCUT2D eigenvalue weighted by Gasteiger charge is -2.06. The van der Waals surface area contributed by atoms with Crippen LogP contribution in [0.2, 0.25) is 0 Å². The number of aryl methyl sites for hydroxylation is 1. The van der Waals surface area contributed by atoms with E-state index in [0.717, 1.165) is 16.8 Å². The zero-order valence-corrected chi connectivity index (χ0v) is 21.1. The summed E-state index contributed by atoms with van der Waals surface area (Å²) >= 11 is 0. The quantitative estimate of drug-likeness (QED) is 0.150. The van der Waals surface area contributed by atoms with Gasteiger partial charge >= 0.3 is 15.6 Å². The van der Waals surface area contributed by atoms with Crippen molar-refractivity contribution in [3.8, 4) is 0 Å². The third kappa shape index (κ3) is 12.2. The molecule has 0 aromatic carbocycles. The summed E-state index contributed by atoms with van der Waals surface area (Å²) in [5.74, 6) is 1.20. The zero-order chi connectivity index (χ0) is 21.5. The van der Waals surface area contributed by atoms with Crippen molar-refractivity contribution in [1.29, 1.82) is 0 Å². The maximum absolute atomic E-state index is 9.63. The van der Waals surface area contributed by atoms with Crippen LogP contribution in [0.15, 0.2) is 24.5 Å². The van der Waals surface area contributed by atoms with Crippen LogP contribution in [0.3, 0.4) is 0 Å². The second kappa shape index (κ2) is 13.6. The van der Waals surface area contributed by atoms with Crippen LogP contribution in [0, 0.1) is 13.8 Å². The van der Waals surface area contributed by atoms with Gasteiger partial charge in [-0.05, 0) is 13.0 Å². The topological polar surface area (TPSA) is 200 Å². The van der Waals surface area contributed by atoms with Crippen molar-refractivity contribution in [3.05, 3.63) is 47.2 Å². The molecule has 0 aliphatic carbocycles. The SMILES string of the molecule is Br.Cc1ncc(C[n+]2cccc(CCO)c2C)c(N)n1.O=P(O)(O)OP(=O)(O)O.[Br-]. The fourth-order valence-corrected chi connectivity index (χ4v) is 3.30. The molecule has 0 radical (unpaired) electrons. The smallest absolute Gasteiger partial charge is 0.478 e. The van der Waals surface area contributed by atoms with E-state index in [2.05, 4.69) is 18.8 Å². The molecule has 0 aliphatic rings. The van der Waals surface area contributed by atoms with Gasteiger partial charge in [-0.3, -0.25) is 0 Å². The van der Waals surface area contributed by atoms with Gasteiger partial charge < -0.3 is 47.4 Å². The van der Waals surface area contributed by atoms with Crippen LogP contribution in [-0.4, -0.2) is 41.3 Å². The molecule has 2 aromatic heterocycles. The van der Waals surface area contributed by atoms with Gasteiger partial charge in [0.2, 0.25) is 0 Å². The van der Waals surface area contributed by atoms with Gasteiger partial charge in [0, 0.05) is 37.8 Å². The first-order valence-corrected chi connectivity index (χ1v) is 10.9. The minimum atomic E-state index is -5.05. The molecule has 0 fully saturated rings. The Balaban J connectivity index is 0. The maximum Gasteiger partial charge on any atom is 0.478 e. The number of phosphoric acid groups is 2. The zero-order valence-electron chi connectivity index (χ0n) is 16.0. The van der Waals surface area contributed by atoms with Crippen molar-refractivity contribution >= 4 is 38.4 Å². The molecule has 0 saturated carbocycles. The number of halogens is 2. The fraction of sp³-hybridized carbons (Fsp3) is 0.357. The number of aromatic nitrogens is 3. The van der Waals surface area contributed by atoms with E-state index in [9.17, 15) is 9.13 Å². The normalized spacial score (nSPS) is 10.9. The minimum Gasteiger partial charge on any atom is -1.00 e. The van der Waals surface area contributed by atoms with E-state index in [1.165, 1.54) is 0 Å². The summed E-state index contributed by atoms with van der Waals surface area (Å²) in [7, 11) is -10.1. The van der Waals surface area contributed by atoms with Crippen molar-refractivity contribution < 1.29 is 59.7 Å². The van der Waals surface area contributed by atoms with Crippen LogP contribution in [0.5, 0.6) is 0 Å². The number of anilines is 1. The average Bonchev–Trinajstić information content (AvgIpc) is 2.51. The van der Waals surface area contributed by atoms with E-state index in [-0.39, 0.29) is 40.6 Å². The van der Waals surface area contributed by atoms with Gasteiger partial charge in [0.1, 0.15) is 11.6 Å². The largest absolute Gasteiger partial charge is 1.00 e. The van der Waals surface area contributed by atoms with Crippen LogP contribution in [0.25, 0.3) is 0 Å². The van der Waals surface area contributed by atoms with E-state index in [4.69, 9.17) is 30.4 Å². The van der Waals surface area contributed by atoms with Crippen molar-refractivity contribution in [3.63, 3.8) is 0 Å². The van der Waals surface area contributed by atoms with Crippen molar-refractivity contribution in [1.82, 2.24) is 9.97 Å². The first-order chi connectivity index (χ1) is 12.8. The number of aliphatic hydroxyl groups excluding tert-OH is 1. The number of hydrogen-bond acceptors (Lipinski definition) is 7. The lowest BCUT2D eigenvalue weighted by Crippen LogP contribution is -3.00. The average molecular weight is 598 g/mol. The molecule has 16 heteroatoms. The third-order valence-electron chi connectivity index (χ3n) is 3.41. The van der Waals surface area contributed by atoms with E-state index in [1.54, 1.807) is 6.20 Å². The molecule has 0 aliphatic heterocycles. The molecule has 0 atom stereocenters. The number of nitrogens with zero attached hydrogens (tertiary/aromatic N) is 3. The molecule has 0 spiro atoms. The summed E-state index contributed by atoms with van der Waals surface area (Å²) in [6.07, 6.45) is 4.42. The van der Waals surface area contributed by atoms with E-state index >= 15 is 0 Å². The first-order valence-electron chi connectivity index (χ1n) is 7.81. The Kier molecular flexibility index (Phi) is 14.2. The van der Waals surface area contributed by atoms with Crippen LogP contribution in [0.4, 0.5) is 5.82 Å². The summed E-state index contributed by atoms with van der Waals surface area (Å²) < 4.78 is 24.3. The highest BCUT2D eigenvalue weighted by Gasteiger charge is 2.27. The highest BCUT2D eigenvalue weighted by molar-refractivity contribution is 8.93. The van der Waals surface area contributed by atoms with Crippen molar-refractivity contribution in [2.75, 3.05) is 12.3 Å². The Morgan fingerprint density at radius 2 is 1.70 bits per heavy atom. The predicted octanol–water partition coefficient (Wildman–Crippen LogP) is -2.68. The molecular weight excluding hydrogens is 574 g/mol. The number of nitrogen functional groups attached to an aromatic ring is 1. The van der Waals surface area contributed by atoms with Crippen LogP contribution < -0.4 is 27.3 Å². The number of hydrogen-bond donors (Lipinski definition) is 6. The van der Waals surface area contributed by atoms with E-state index in [0.29, 0.717) is 24.6 Å². The summed E-state index contributed by atoms with van der Waals surface area (Å²) in [6.45, 7) is 4.65. The second-order valence-corrected chi connectivity index (χ2v) is 8.23. The molecule has 0 unspecified atom stereocenters. The lowest BCUT2D eigenvalue weighted by molar-refractivity contribution is -0.694. The van der Waals surface area contributed by atoms with Gasteiger partial charge in [0.05, 0.1) is 5.56 Å². The van der Waals surface area contributed by atoms with Gasteiger partial charge in [0.15, 0.2) is 18.4 Å². The molecule has 0 bridgehead atoms. The Morgan fingerprint density at radius 1 is 1.13 bits per heavy atom. The monoisotopic (exact) mass is 596 g/mol. The van der Waals surface area contributed by atoms with Crippen LogP contribution in [0.1, 0.15) is 22.6 Å². The Bertz CT molecular complexity index is 890. The summed E-state index contributed by atoms with van der Waals surface area (Å²) in [5.41, 5.74) is 9.07. The number of aliphatic hydroxyl groups is 1. The highest BCUT2D eigenvalue weighted by Crippen LogP contribution is 2.53. The molecule has 30 heavy (non-hydrogen) atoms. The summed E-state index contributed by atoms with van der Waals surface area (Å²) in [4.78, 5) is 39.4. The fourth-order valence-electron chi connectivity index (χ4n) is 2.19. The minimum absolute atomic E-state index is 0. The Morgan fingerprint density at radius 3 is 2.13 bits per heavy atom. The molecule has 172 valence electrons. The summed E-state index contributed by atoms with van der Waals surface area (Å²) in [6, 6.07) is 4.00. The molecule has 7 N–H and O–H groups in total. The number of rotatable bonds is 6. The van der Waals surface area contributed by atoms with Crippen LogP contribution in [-0.2, 0) is 26.4 Å². The van der Waals surface area contributed by atoms with Gasteiger partial charge in [-0.25, -0.2) is 19.1 Å². The van der Waals surface area contributed by atoms with Gasteiger partial charge in [-0.1, -0.05) is 0 Å². The van der Waals surface area contributed by atoms with Crippen molar-refractivity contribution in [2.24, 2.45) is 0 Å². The first kappa shape index (κ1) is 31.4. The predicted molar refractivity (Wildman–Crippen MR) is 108 cm³/mol. The van der Waals surface area contributed by atoms with Crippen LogP contribution >= 0.6 is 32.6 Å². The van der Waals surface area contributed by atoms with Gasteiger partial charge in [0.25, 0.3) is 0 Å². The van der Waals surface area contributed by atoms with Crippen molar-refractivity contribution in [2.45, 2.75) is 26.8 Å². The van der Waals surface area contributed by atoms with E-state index < -0.39 is 15.6 Å². The number of nitrogens with two attached hydrogens (primary N) is 1. The summed E-state index contributed by atoms with van der Waals surface area (Å²) in [5, 5.41) is 9.05. The number of pyridine rings is 1. The van der Waals surface area contributed by atoms with E-state index in [1.807, 2.05) is 32.2 Å². The molecule has 2 heterocycles. The molecular formula is C14H24Br2N4O8P2. The Labute approximate surface area is 194 Å². The van der Waals surface area contributed by atoms with Gasteiger partial charge in [-0.2, -0.15) is 8.88 Å².